The van der Waals surface area contributed by atoms with Gasteiger partial charge in [0, 0.05) is 38.1 Å². The standard InChI is InChI=1S/C21H23N3O4S/c1-15-23-20(14-28-15)16-4-6-19(7-5-16)29(25,26)24-21(17-8-11-27-12-9-17)18-3-2-10-22-13-18/h2-7,10,13-14,17,21,24H,8-9,11-12H2,1H3/t21-/m1/s1. The summed E-state index contributed by atoms with van der Waals surface area (Å²) in [6.45, 7) is 3.03. The van der Waals surface area contributed by atoms with Crippen LogP contribution in [0.3, 0.4) is 0 Å². The molecule has 3 aromatic rings. The minimum absolute atomic E-state index is 0.153. The van der Waals surface area contributed by atoms with E-state index >= 15 is 0 Å². The van der Waals surface area contributed by atoms with Crippen molar-refractivity contribution in [2.45, 2.75) is 30.7 Å². The van der Waals surface area contributed by atoms with E-state index in [0.29, 0.717) is 24.8 Å². The SMILES string of the molecule is Cc1nc(-c2ccc(S(=O)(=O)N[C@@H](c3cccnc3)C3CCOCC3)cc2)co1. The lowest BCUT2D eigenvalue weighted by Gasteiger charge is -2.31. The van der Waals surface area contributed by atoms with Gasteiger partial charge in [-0.2, -0.15) is 0 Å². The predicted octanol–water partition coefficient (Wildman–Crippen LogP) is 3.49. The summed E-state index contributed by atoms with van der Waals surface area (Å²) < 4.78 is 39.8. The first-order valence-electron chi connectivity index (χ1n) is 9.55. The van der Waals surface area contributed by atoms with Crippen molar-refractivity contribution in [1.29, 1.82) is 0 Å². The van der Waals surface area contributed by atoms with Crippen LogP contribution in [0.4, 0.5) is 0 Å². The van der Waals surface area contributed by atoms with Crippen molar-refractivity contribution in [3.05, 3.63) is 66.5 Å². The number of nitrogens with zero attached hydrogens (tertiary/aromatic N) is 2. The summed E-state index contributed by atoms with van der Waals surface area (Å²) >= 11 is 0. The fraction of sp³-hybridized carbons (Fsp3) is 0.333. The molecule has 0 unspecified atom stereocenters. The molecule has 2 aromatic heterocycles. The van der Waals surface area contributed by atoms with E-state index in [-0.39, 0.29) is 16.9 Å². The molecule has 0 spiro atoms. The third-order valence-electron chi connectivity index (χ3n) is 5.14. The molecule has 152 valence electrons. The van der Waals surface area contributed by atoms with Crippen LogP contribution in [-0.2, 0) is 14.8 Å². The van der Waals surface area contributed by atoms with Crippen molar-refractivity contribution in [2.24, 2.45) is 5.92 Å². The Balaban J connectivity index is 1.59. The number of aryl methyl sites for hydroxylation is 1. The monoisotopic (exact) mass is 413 g/mol. The minimum atomic E-state index is -3.71. The lowest BCUT2D eigenvalue weighted by Crippen LogP contribution is -2.36. The molecular weight excluding hydrogens is 390 g/mol. The highest BCUT2D eigenvalue weighted by Crippen LogP contribution is 2.31. The van der Waals surface area contributed by atoms with Gasteiger partial charge in [0.2, 0.25) is 10.0 Å². The number of oxazole rings is 1. The second-order valence-corrected chi connectivity index (χ2v) is 8.83. The largest absolute Gasteiger partial charge is 0.449 e. The molecule has 4 rings (SSSR count). The van der Waals surface area contributed by atoms with E-state index in [4.69, 9.17) is 9.15 Å². The van der Waals surface area contributed by atoms with Gasteiger partial charge in [0.1, 0.15) is 12.0 Å². The Labute approximate surface area is 170 Å². The molecule has 0 saturated carbocycles. The van der Waals surface area contributed by atoms with E-state index in [1.54, 1.807) is 49.8 Å². The van der Waals surface area contributed by atoms with Gasteiger partial charge in [-0.25, -0.2) is 18.1 Å². The number of nitrogens with one attached hydrogen (secondary N) is 1. The summed E-state index contributed by atoms with van der Waals surface area (Å²) in [6.07, 6.45) is 6.56. The van der Waals surface area contributed by atoms with Crippen LogP contribution < -0.4 is 4.72 Å². The summed E-state index contributed by atoms with van der Waals surface area (Å²) in [4.78, 5) is 8.65. The van der Waals surface area contributed by atoms with Gasteiger partial charge in [-0.1, -0.05) is 18.2 Å². The lowest BCUT2D eigenvalue weighted by atomic mass is 9.88. The highest BCUT2D eigenvalue weighted by molar-refractivity contribution is 7.89. The Morgan fingerprint density at radius 1 is 1.14 bits per heavy atom. The molecule has 7 nitrogen and oxygen atoms in total. The Morgan fingerprint density at radius 2 is 1.90 bits per heavy atom. The number of benzene rings is 1. The van der Waals surface area contributed by atoms with E-state index in [2.05, 4.69) is 14.7 Å². The molecule has 0 aliphatic carbocycles. The molecule has 1 N–H and O–H groups in total. The van der Waals surface area contributed by atoms with Crippen LogP contribution in [0.15, 0.2) is 64.4 Å². The van der Waals surface area contributed by atoms with E-state index in [9.17, 15) is 8.42 Å². The molecule has 1 fully saturated rings. The van der Waals surface area contributed by atoms with E-state index in [0.717, 1.165) is 24.0 Å². The lowest BCUT2D eigenvalue weighted by molar-refractivity contribution is 0.0564. The smallest absolute Gasteiger partial charge is 0.241 e. The summed E-state index contributed by atoms with van der Waals surface area (Å²) in [6, 6.07) is 10.0. The van der Waals surface area contributed by atoms with E-state index in [1.165, 1.54) is 0 Å². The van der Waals surface area contributed by atoms with E-state index in [1.807, 2.05) is 12.1 Å². The molecule has 29 heavy (non-hydrogen) atoms. The highest BCUT2D eigenvalue weighted by atomic mass is 32.2. The van der Waals surface area contributed by atoms with Gasteiger partial charge in [0.05, 0.1) is 10.9 Å². The van der Waals surface area contributed by atoms with Gasteiger partial charge in [0.15, 0.2) is 5.89 Å². The Hall–Kier alpha value is -2.55. The molecule has 1 atom stereocenters. The molecule has 0 radical (unpaired) electrons. The first-order chi connectivity index (χ1) is 14.0. The maximum absolute atomic E-state index is 13.1. The number of hydrogen-bond donors (Lipinski definition) is 1. The molecule has 1 aliphatic rings. The zero-order valence-corrected chi connectivity index (χ0v) is 16.9. The van der Waals surface area contributed by atoms with Crippen molar-refractivity contribution >= 4 is 10.0 Å². The van der Waals surface area contributed by atoms with Crippen LogP contribution in [0, 0.1) is 12.8 Å². The summed E-state index contributed by atoms with van der Waals surface area (Å²) in [7, 11) is -3.71. The van der Waals surface area contributed by atoms with Gasteiger partial charge in [-0.15, -0.1) is 0 Å². The van der Waals surface area contributed by atoms with Gasteiger partial charge >= 0.3 is 0 Å². The average Bonchev–Trinajstić information content (AvgIpc) is 3.20. The third-order valence-corrected chi connectivity index (χ3v) is 6.60. The molecule has 1 aromatic carbocycles. The molecule has 1 saturated heterocycles. The molecule has 0 amide bonds. The Morgan fingerprint density at radius 3 is 2.52 bits per heavy atom. The summed E-state index contributed by atoms with van der Waals surface area (Å²) in [5.41, 5.74) is 2.33. The first kappa shape index (κ1) is 19.8. The Kier molecular flexibility index (Phi) is 5.75. The highest BCUT2D eigenvalue weighted by Gasteiger charge is 2.30. The molecular formula is C21H23N3O4S. The normalized spacial score (nSPS) is 16.6. The maximum Gasteiger partial charge on any atom is 0.241 e. The molecule has 0 bridgehead atoms. The molecule has 1 aliphatic heterocycles. The second-order valence-electron chi connectivity index (χ2n) is 7.11. The number of aromatic nitrogens is 2. The van der Waals surface area contributed by atoms with Crippen molar-refractivity contribution < 1.29 is 17.6 Å². The van der Waals surface area contributed by atoms with Crippen LogP contribution in [0.25, 0.3) is 11.3 Å². The number of pyridine rings is 1. The first-order valence-corrected chi connectivity index (χ1v) is 11.0. The summed E-state index contributed by atoms with van der Waals surface area (Å²) in [5, 5.41) is 0. The van der Waals surface area contributed by atoms with Crippen molar-refractivity contribution in [2.75, 3.05) is 13.2 Å². The number of rotatable bonds is 6. The van der Waals surface area contributed by atoms with Gasteiger partial charge < -0.3 is 9.15 Å². The van der Waals surface area contributed by atoms with Crippen molar-refractivity contribution in [1.82, 2.24) is 14.7 Å². The maximum atomic E-state index is 13.1. The zero-order valence-electron chi connectivity index (χ0n) is 16.1. The zero-order chi connectivity index (χ0) is 20.3. The minimum Gasteiger partial charge on any atom is -0.449 e. The average molecular weight is 413 g/mol. The third kappa shape index (κ3) is 4.55. The summed E-state index contributed by atoms with van der Waals surface area (Å²) in [5.74, 6) is 0.717. The number of ether oxygens (including phenoxy) is 1. The topological polar surface area (TPSA) is 94.3 Å². The Bertz CT molecular complexity index is 1040. The van der Waals surface area contributed by atoms with Gasteiger partial charge in [0.25, 0.3) is 0 Å². The van der Waals surface area contributed by atoms with Crippen LogP contribution in [0.5, 0.6) is 0 Å². The number of hydrogen-bond acceptors (Lipinski definition) is 6. The predicted molar refractivity (Wildman–Crippen MR) is 108 cm³/mol. The van der Waals surface area contributed by atoms with Gasteiger partial charge in [-0.3, -0.25) is 4.98 Å². The second kappa shape index (κ2) is 8.44. The van der Waals surface area contributed by atoms with E-state index < -0.39 is 10.0 Å². The van der Waals surface area contributed by atoms with Crippen molar-refractivity contribution in [3.8, 4) is 11.3 Å². The number of sulfonamides is 1. The molecule has 8 heteroatoms. The van der Waals surface area contributed by atoms with Gasteiger partial charge in [-0.05, 0) is 42.5 Å². The van der Waals surface area contributed by atoms with Crippen LogP contribution in [0.2, 0.25) is 0 Å². The van der Waals surface area contributed by atoms with Crippen LogP contribution >= 0.6 is 0 Å². The fourth-order valence-corrected chi connectivity index (χ4v) is 4.87. The quantitative estimate of drug-likeness (QED) is 0.665. The van der Waals surface area contributed by atoms with Crippen molar-refractivity contribution in [3.63, 3.8) is 0 Å². The molecule has 3 heterocycles. The van der Waals surface area contributed by atoms with Crippen LogP contribution in [-0.4, -0.2) is 31.6 Å². The fourth-order valence-electron chi connectivity index (χ4n) is 3.58. The van der Waals surface area contributed by atoms with Crippen LogP contribution in [0.1, 0.15) is 30.3 Å².